The summed E-state index contributed by atoms with van der Waals surface area (Å²) in [4.78, 5) is 22.4. The molecule has 2 N–H and O–H groups in total. The Bertz CT molecular complexity index is 2200. The van der Waals surface area contributed by atoms with Gasteiger partial charge in [-0.3, -0.25) is 4.90 Å². The van der Waals surface area contributed by atoms with Crippen molar-refractivity contribution in [3.8, 4) is 11.5 Å². The van der Waals surface area contributed by atoms with Crippen LogP contribution in [0.15, 0.2) is 133 Å². The number of fused-ring (bicyclic) bond motifs is 3. The van der Waals surface area contributed by atoms with Gasteiger partial charge in [0.05, 0.1) is 38.0 Å². The monoisotopic (exact) mass is 858 g/mol. The number of allylic oxidation sites excluding steroid dienone is 1. The van der Waals surface area contributed by atoms with E-state index >= 15 is 4.79 Å². The van der Waals surface area contributed by atoms with E-state index in [1.165, 1.54) is 0 Å². The maximum atomic E-state index is 15.0. The number of aliphatic hydroxyl groups excluding tert-OH is 2. The smallest absolute Gasteiger partial charge is 0.410 e. The maximum absolute atomic E-state index is 15.0. The fourth-order valence-corrected chi connectivity index (χ4v) is 9.95. The minimum atomic E-state index is -1.45. The Balaban J connectivity index is 1.38. The zero-order chi connectivity index (χ0) is 44.0. The van der Waals surface area contributed by atoms with Crippen molar-refractivity contribution < 1.29 is 43.5 Å². The molecule has 1 amide bonds. The van der Waals surface area contributed by atoms with Crippen LogP contribution in [0.1, 0.15) is 67.6 Å². The normalized spacial score (nSPS) is 22.9. The van der Waals surface area contributed by atoms with Crippen molar-refractivity contribution in [3.63, 3.8) is 0 Å². The molecule has 6 atom stereocenters. The molecule has 3 aliphatic rings. The zero-order valence-corrected chi connectivity index (χ0v) is 36.4. The molecular formula is C52H62N2O9. The number of hydrogen-bond donors (Lipinski definition) is 2. The van der Waals surface area contributed by atoms with E-state index in [9.17, 15) is 10.2 Å². The van der Waals surface area contributed by atoms with Crippen LogP contribution in [0.5, 0.6) is 11.5 Å². The molecule has 2 aliphatic carbocycles. The number of aliphatic hydroxyl groups is 2. The van der Waals surface area contributed by atoms with Crippen LogP contribution in [0, 0.1) is 17.8 Å². The third-order valence-electron chi connectivity index (χ3n) is 12.6. The van der Waals surface area contributed by atoms with Crippen LogP contribution >= 0.6 is 0 Å². The Morgan fingerprint density at radius 3 is 2.44 bits per heavy atom. The lowest BCUT2D eigenvalue weighted by Crippen LogP contribution is -2.70. The topological polar surface area (TPSA) is 129 Å². The molecule has 334 valence electrons. The molecule has 63 heavy (non-hydrogen) atoms. The molecule has 0 saturated heterocycles. The highest BCUT2D eigenvalue weighted by molar-refractivity contribution is 6.03. The number of nitrogens with zero attached hydrogens (tertiary/aromatic N) is 2. The lowest BCUT2D eigenvalue weighted by molar-refractivity contribution is -0.256. The average Bonchev–Trinajstić information content (AvgIpc) is 3.31. The highest BCUT2D eigenvalue weighted by atomic mass is 16.7. The van der Waals surface area contributed by atoms with Crippen molar-refractivity contribution in [2.45, 2.75) is 75.8 Å². The number of ether oxygens (including phenoxy) is 5. The maximum Gasteiger partial charge on any atom is 0.410 e. The van der Waals surface area contributed by atoms with Gasteiger partial charge in [0.25, 0.3) is 0 Å². The molecule has 7 rings (SSSR count). The molecule has 0 bridgehead atoms. The van der Waals surface area contributed by atoms with Gasteiger partial charge in [0.15, 0.2) is 0 Å². The molecule has 0 radical (unpaired) electrons. The molecule has 0 spiro atoms. The Kier molecular flexibility index (Phi) is 16.1. The number of carbonyl (C=O) groups excluding carboxylic acids is 1. The molecule has 1 heterocycles. The number of carbonyl (C=O) groups is 1. The van der Waals surface area contributed by atoms with Crippen molar-refractivity contribution in [2.24, 2.45) is 22.9 Å². The number of unbranched alkanes of at least 4 members (excludes halogenated alkanes) is 2. The molecule has 1 fully saturated rings. The second-order valence-corrected chi connectivity index (χ2v) is 16.5. The number of oxime groups is 1. The summed E-state index contributed by atoms with van der Waals surface area (Å²) in [5.74, 6) is -0.638. The Morgan fingerprint density at radius 1 is 0.905 bits per heavy atom. The van der Waals surface area contributed by atoms with Crippen LogP contribution in [0.4, 0.5) is 4.79 Å². The third-order valence-corrected chi connectivity index (χ3v) is 12.6. The van der Waals surface area contributed by atoms with Crippen LogP contribution in [-0.4, -0.2) is 85.5 Å². The first kappa shape index (κ1) is 45.6. The van der Waals surface area contributed by atoms with E-state index in [-0.39, 0.29) is 63.8 Å². The fraction of sp³-hybridized carbons (Fsp3) is 0.423. The highest BCUT2D eigenvalue weighted by Crippen LogP contribution is 2.62. The summed E-state index contributed by atoms with van der Waals surface area (Å²) in [5.41, 5.74) is 4.58. The molecule has 1 aliphatic heterocycles. The molecule has 11 nitrogen and oxygen atoms in total. The quantitative estimate of drug-likeness (QED) is 0.0426. The number of rotatable bonds is 23. The van der Waals surface area contributed by atoms with E-state index in [0.29, 0.717) is 43.3 Å². The van der Waals surface area contributed by atoms with E-state index in [1.807, 2.05) is 66.7 Å². The highest BCUT2D eigenvalue weighted by Gasteiger charge is 2.65. The predicted molar refractivity (Wildman–Crippen MR) is 245 cm³/mol. The van der Waals surface area contributed by atoms with Gasteiger partial charge in [-0.05, 0) is 83.2 Å². The summed E-state index contributed by atoms with van der Waals surface area (Å²) in [6, 6.07) is 29.3. The van der Waals surface area contributed by atoms with Crippen molar-refractivity contribution in [2.75, 3.05) is 46.8 Å². The van der Waals surface area contributed by atoms with Gasteiger partial charge >= 0.3 is 6.09 Å². The number of amides is 1. The number of benzene rings is 4. The molecular weight excluding hydrogens is 797 g/mol. The van der Waals surface area contributed by atoms with Gasteiger partial charge in [0.2, 0.25) is 5.79 Å². The van der Waals surface area contributed by atoms with E-state index in [0.717, 1.165) is 58.7 Å². The van der Waals surface area contributed by atoms with E-state index in [1.54, 1.807) is 24.2 Å². The second-order valence-electron chi connectivity index (χ2n) is 16.5. The molecule has 0 aromatic heterocycles. The van der Waals surface area contributed by atoms with Crippen molar-refractivity contribution in [1.82, 2.24) is 4.90 Å². The van der Waals surface area contributed by atoms with Crippen LogP contribution in [-0.2, 0) is 32.2 Å². The molecule has 1 saturated carbocycles. The fourth-order valence-electron chi connectivity index (χ4n) is 9.95. The van der Waals surface area contributed by atoms with Crippen LogP contribution in [0.3, 0.4) is 0 Å². The van der Waals surface area contributed by atoms with Gasteiger partial charge in [-0.15, -0.1) is 6.58 Å². The first-order chi connectivity index (χ1) is 31.0. The van der Waals surface area contributed by atoms with Crippen molar-refractivity contribution in [3.05, 3.63) is 145 Å². The summed E-state index contributed by atoms with van der Waals surface area (Å²) in [6.07, 6.45) is 10.1. The van der Waals surface area contributed by atoms with Gasteiger partial charge in [-0.1, -0.05) is 116 Å². The zero-order valence-electron chi connectivity index (χ0n) is 36.4. The first-order valence-corrected chi connectivity index (χ1v) is 22.3. The van der Waals surface area contributed by atoms with Gasteiger partial charge < -0.3 is 38.7 Å². The van der Waals surface area contributed by atoms with Crippen molar-refractivity contribution >= 4 is 22.6 Å². The van der Waals surface area contributed by atoms with Gasteiger partial charge in [0, 0.05) is 31.1 Å². The molecule has 11 heteroatoms. The summed E-state index contributed by atoms with van der Waals surface area (Å²) in [7, 11) is 1.54. The SMILES string of the molecule is C=CCOc1ccc2c(c1)C1C(CCCCO)C(CCCCO)C=C3C(=NOC)CC(N(Cc4cccc5ccccc45)C(=O)OCCOCc4ccccc4)C(OCC=C)(O2)C31. The summed E-state index contributed by atoms with van der Waals surface area (Å²) < 4.78 is 32.8. The van der Waals surface area contributed by atoms with Crippen molar-refractivity contribution in [1.29, 1.82) is 0 Å². The lowest BCUT2D eigenvalue weighted by Gasteiger charge is -2.59. The second kappa shape index (κ2) is 22.2. The summed E-state index contributed by atoms with van der Waals surface area (Å²) in [5, 5.41) is 26.6. The largest absolute Gasteiger partial charge is 0.490 e. The predicted octanol–water partition coefficient (Wildman–Crippen LogP) is 9.52. The Morgan fingerprint density at radius 2 is 1.67 bits per heavy atom. The summed E-state index contributed by atoms with van der Waals surface area (Å²) >= 11 is 0. The Labute approximate surface area is 371 Å². The lowest BCUT2D eigenvalue weighted by atomic mass is 9.55. The van der Waals surface area contributed by atoms with Crippen LogP contribution < -0.4 is 9.47 Å². The van der Waals surface area contributed by atoms with E-state index in [4.69, 9.17) is 33.7 Å². The first-order valence-electron chi connectivity index (χ1n) is 22.3. The van der Waals surface area contributed by atoms with Crippen LogP contribution in [0.2, 0.25) is 0 Å². The van der Waals surface area contributed by atoms with Gasteiger partial charge in [0.1, 0.15) is 37.9 Å². The Hall–Kier alpha value is -5.46. The standard InChI is InChI=1S/C52H62N2O9/c1-4-28-60-41-24-25-47-45(33-41)49-43(23-12-14-27-56)39(19-11-13-26-55)32-44-46(53-58-3)34-48(52(63-47,50(44)49)62-29-5-2)54(35-40-21-15-20-38-18-9-10-22-42(38)40)51(57)61-31-30-59-36-37-16-7-6-8-17-37/h4-10,15-18,20-22,24-25,32-33,39,43,48-50,55-56H,1-2,11-14,19,23,26-31,34-36H2,3H3. The third kappa shape index (κ3) is 10.3. The van der Waals surface area contributed by atoms with Gasteiger partial charge in [-0.25, -0.2) is 4.79 Å². The molecule has 6 unspecified atom stereocenters. The van der Waals surface area contributed by atoms with E-state index in [2.05, 4.69) is 43.5 Å². The number of hydrogen-bond acceptors (Lipinski definition) is 10. The van der Waals surface area contributed by atoms with Gasteiger partial charge in [-0.2, -0.15) is 0 Å². The summed E-state index contributed by atoms with van der Waals surface area (Å²) in [6.45, 7) is 9.41. The van der Waals surface area contributed by atoms with E-state index < -0.39 is 23.8 Å². The minimum Gasteiger partial charge on any atom is -0.490 e. The molecule has 4 aromatic rings. The van der Waals surface area contributed by atoms with Crippen LogP contribution in [0.25, 0.3) is 10.8 Å². The average molecular weight is 859 g/mol. The minimum absolute atomic E-state index is 0.0286. The molecule has 4 aromatic carbocycles.